The van der Waals surface area contributed by atoms with Gasteiger partial charge in [0.1, 0.15) is 6.29 Å². The molecule has 0 saturated carbocycles. The van der Waals surface area contributed by atoms with E-state index in [1.54, 1.807) is 0 Å². The number of rotatable bonds is 5. The number of hydrogen-bond acceptors (Lipinski definition) is 2. The quantitative estimate of drug-likeness (QED) is 0.732. The third-order valence-corrected chi connectivity index (χ3v) is 3.13. The summed E-state index contributed by atoms with van der Waals surface area (Å²) in [5, 5.41) is 1.31. The first-order chi connectivity index (χ1) is 8.22. The van der Waals surface area contributed by atoms with Crippen LogP contribution in [0.5, 0.6) is 0 Å². The summed E-state index contributed by atoms with van der Waals surface area (Å²) in [6.07, 6.45) is 4.11. The predicted molar refractivity (Wildman–Crippen MR) is 70.2 cm³/mol. The molecule has 17 heavy (non-hydrogen) atoms. The second-order valence-electron chi connectivity index (χ2n) is 4.46. The second kappa shape index (κ2) is 5.15. The number of hydrogen-bond donors (Lipinski definition) is 0. The number of nitrogens with zero attached hydrogens (tertiary/aromatic N) is 2. The number of benzene rings is 1. The number of carbonyl (C=O) groups is 1. The van der Waals surface area contributed by atoms with E-state index in [2.05, 4.69) is 42.1 Å². The number of carbonyl (C=O) groups excluding carboxylic acids is 1. The van der Waals surface area contributed by atoms with Crippen molar-refractivity contribution in [2.24, 2.45) is 7.05 Å². The lowest BCUT2D eigenvalue weighted by atomic mass is 10.1. The maximum atomic E-state index is 10.4. The van der Waals surface area contributed by atoms with Crippen molar-refractivity contribution in [3.63, 3.8) is 0 Å². The molecule has 1 aromatic carbocycles. The number of aromatic nitrogens is 1. The Morgan fingerprint density at radius 1 is 1.35 bits per heavy atom. The Kier molecular flexibility index (Phi) is 3.59. The van der Waals surface area contributed by atoms with Crippen molar-refractivity contribution in [2.75, 3.05) is 20.1 Å². The fourth-order valence-electron chi connectivity index (χ4n) is 2.15. The van der Waals surface area contributed by atoms with Crippen LogP contribution in [0.25, 0.3) is 10.9 Å². The monoisotopic (exact) mass is 230 g/mol. The molecule has 0 bridgehead atoms. The Labute approximate surface area is 102 Å². The number of aryl methyl sites for hydroxylation is 1. The SMILES string of the molecule is CN(CC=O)CCc1cn(C)c2ccccc12. The Hall–Kier alpha value is -1.61. The lowest BCUT2D eigenvalue weighted by molar-refractivity contribution is -0.108. The first-order valence-corrected chi connectivity index (χ1v) is 5.87. The van der Waals surface area contributed by atoms with Crippen molar-refractivity contribution in [2.45, 2.75) is 6.42 Å². The van der Waals surface area contributed by atoms with Crippen LogP contribution in [-0.4, -0.2) is 35.9 Å². The minimum absolute atomic E-state index is 0.505. The molecule has 90 valence electrons. The molecular weight excluding hydrogens is 212 g/mol. The number of aldehydes is 1. The molecule has 0 unspecified atom stereocenters. The van der Waals surface area contributed by atoms with Gasteiger partial charge in [-0.25, -0.2) is 0 Å². The molecule has 2 rings (SSSR count). The van der Waals surface area contributed by atoms with Gasteiger partial charge in [0.05, 0.1) is 6.54 Å². The van der Waals surface area contributed by atoms with Crippen molar-refractivity contribution < 1.29 is 4.79 Å². The Morgan fingerprint density at radius 2 is 2.12 bits per heavy atom. The molecule has 3 heteroatoms. The maximum absolute atomic E-state index is 10.4. The van der Waals surface area contributed by atoms with E-state index in [0.29, 0.717) is 6.54 Å². The van der Waals surface area contributed by atoms with E-state index in [-0.39, 0.29) is 0 Å². The van der Waals surface area contributed by atoms with Crippen LogP contribution in [-0.2, 0) is 18.3 Å². The summed E-state index contributed by atoms with van der Waals surface area (Å²) < 4.78 is 2.16. The number of para-hydroxylation sites is 1. The third kappa shape index (κ3) is 2.56. The average Bonchev–Trinajstić information content (AvgIpc) is 2.65. The molecule has 0 atom stereocenters. The van der Waals surface area contributed by atoms with Crippen LogP contribution < -0.4 is 0 Å². The summed E-state index contributed by atoms with van der Waals surface area (Å²) in [7, 11) is 4.04. The van der Waals surface area contributed by atoms with E-state index in [4.69, 9.17) is 0 Å². The fourth-order valence-corrected chi connectivity index (χ4v) is 2.15. The van der Waals surface area contributed by atoms with E-state index in [9.17, 15) is 4.79 Å². The van der Waals surface area contributed by atoms with E-state index < -0.39 is 0 Å². The van der Waals surface area contributed by atoms with Gasteiger partial charge in [0.25, 0.3) is 0 Å². The van der Waals surface area contributed by atoms with Crippen LogP contribution in [0.2, 0.25) is 0 Å². The average molecular weight is 230 g/mol. The van der Waals surface area contributed by atoms with Gasteiger partial charge in [-0.15, -0.1) is 0 Å². The van der Waals surface area contributed by atoms with Crippen LogP contribution in [0, 0.1) is 0 Å². The molecule has 0 spiro atoms. The summed E-state index contributed by atoms with van der Waals surface area (Å²) in [6.45, 7) is 1.41. The minimum atomic E-state index is 0.505. The molecule has 0 amide bonds. The predicted octanol–water partition coefficient (Wildman–Crippen LogP) is 1.85. The van der Waals surface area contributed by atoms with Crippen LogP contribution in [0.4, 0.5) is 0 Å². The zero-order chi connectivity index (χ0) is 12.3. The van der Waals surface area contributed by atoms with E-state index in [0.717, 1.165) is 19.3 Å². The highest BCUT2D eigenvalue weighted by Gasteiger charge is 2.06. The summed E-state index contributed by atoms with van der Waals surface area (Å²) in [6, 6.07) is 8.42. The minimum Gasteiger partial charge on any atom is -0.350 e. The molecule has 0 aliphatic carbocycles. The Bertz CT molecular complexity index is 516. The normalized spacial score (nSPS) is 11.2. The molecule has 2 aromatic rings. The van der Waals surface area contributed by atoms with Gasteiger partial charge in [-0.1, -0.05) is 18.2 Å². The first kappa shape index (κ1) is 11.9. The van der Waals surface area contributed by atoms with Crippen molar-refractivity contribution in [3.8, 4) is 0 Å². The van der Waals surface area contributed by atoms with E-state index in [1.807, 2.05) is 11.9 Å². The highest BCUT2D eigenvalue weighted by molar-refractivity contribution is 5.83. The summed E-state index contributed by atoms with van der Waals surface area (Å²) in [5.74, 6) is 0. The van der Waals surface area contributed by atoms with E-state index >= 15 is 0 Å². The molecular formula is C14H18N2O. The fraction of sp³-hybridized carbons (Fsp3) is 0.357. The van der Waals surface area contributed by atoms with Crippen molar-refractivity contribution >= 4 is 17.2 Å². The Balaban J connectivity index is 2.16. The van der Waals surface area contributed by atoms with Crippen LogP contribution >= 0.6 is 0 Å². The maximum Gasteiger partial charge on any atom is 0.133 e. The molecule has 1 aromatic heterocycles. The number of likely N-dealkylation sites (N-methyl/N-ethyl adjacent to an activating group) is 1. The third-order valence-electron chi connectivity index (χ3n) is 3.13. The molecule has 3 nitrogen and oxygen atoms in total. The molecule has 0 radical (unpaired) electrons. The Morgan fingerprint density at radius 3 is 2.88 bits per heavy atom. The smallest absolute Gasteiger partial charge is 0.133 e. The number of fused-ring (bicyclic) bond motifs is 1. The van der Waals surface area contributed by atoms with Gasteiger partial charge < -0.3 is 9.36 Å². The first-order valence-electron chi connectivity index (χ1n) is 5.87. The zero-order valence-corrected chi connectivity index (χ0v) is 10.4. The van der Waals surface area contributed by atoms with Crippen LogP contribution in [0.3, 0.4) is 0 Å². The summed E-state index contributed by atoms with van der Waals surface area (Å²) in [5.41, 5.74) is 2.61. The lowest BCUT2D eigenvalue weighted by Gasteiger charge is -2.11. The topological polar surface area (TPSA) is 25.2 Å². The molecule has 0 N–H and O–H groups in total. The van der Waals surface area contributed by atoms with Crippen molar-refractivity contribution in [3.05, 3.63) is 36.0 Å². The standard InChI is InChI=1S/C14H18N2O/c1-15(9-10-17)8-7-12-11-16(2)14-6-4-3-5-13(12)14/h3-6,10-11H,7-9H2,1-2H3. The van der Waals surface area contributed by atoms with Crippen molar-refractivity contribution in [1.29, 1.82) is 0 Å². The molecule has 1 heterocycles. The van der Waals surface area contributed by atoms with E-state index in [1.165, 1.54) is 16.5 Å². The highest BCUT2D eigenvalue weighted by Crippen LogP contribution is 2.20. The molecule has 0 saturated heterocycles. The van der Waals surface area contributed by atoms with Gasteiger partial charge in [0.15, 0.2) is 0 Å². The van der Waals surface area contributed by atoms with Gasteiger partial charge in [-0.3, -0.25) is 4.90 Å². The van der Waals surface area contributed by atoms with Gasteiger partial charge in [-0.2, -0.15) is 0 Å². The second-order valence-corrected chi connectivity index (χ2v) is 4.46. The van der Waals surface area contributed by atoms with Gasteiger partial charge in [0.2, 0.25) is 0 Å². The van der Waals surface area contributed by atoms with Crippen molar-refractivity contribution in [1.82, 2.24) is 9.47 Å². The molecule has 0 aliphatic rings. The van der Waals surface area contributed by atoms with Gasteiger partial charge in [-0.05, 0) is 25.1 Å². The highest BCUT2D eigenvalue weighted by atomic mass is 16.1. The van der Waals surface area contributed by atoms with Gasteiger partial charge in [0, 0.05) is 30.7 Å². The zero-order valence-electron chi connectivity index (χ0n) is 10.4. The van der Waals surface area contributed by atoms with Gasteiger partial charge >= 0.3 is 0 Å². The van der Waals surface area contributed by atoms with Crippen LogP contribution in [0.1, 0.15) is 5.56 Å². The lowest BCUT2D eigenvalue weighted by Crippen LogP contribution is -2.23. The largest absolute Gasteiger partial charge is 0.350 e. The summed E-state index contributed by atoms with van der Waals surface area (Å²) >= 11 is 0. The molecule has 0 fully saturated rings. The summed E-state index contributed by atoms with van der Waals surface area (Å²) in [4.78, 5) is 12.4. The molecule has 0 aliphatic heterocycles. The van der Waals surface area contributed by atoms with Crippen LogP contribution in [0.15, 0.2) is 30.5 Å².